The second kappa shape index (κ2) is 113. The Morgan fingerprint density at radius 1 is 0.306 bits per heavy atom. The van der Waals surface area contributed by atoms with Gasteiger partial charge in [0.25, 0.3) is 20.7 Å². The minimum absolute atomic E-state index is 0. The molecular weight excluding hydrogens is 2000 g/mol. The van der Waals surface area contributed by atoms with Gasteiger partial charge in [0.2, 0.25) is 5.91 Å². The third-order valence-corrected chi connectivity index (χ3v) is 26.2. The third-order valence-electron chi connectivity index (χ3n) is 18.9. The number of allylic oxidation sites excluding steroid dienone is 1. The molecule has 42 nitrogen and oxygen atoms in total. The number of aliphatic imine (C=N–C) groups is 4. The summed E-state index contributed by atoms with van der Waals surface area (Å²) < 4.78 is 66.7. The number of nitrogens with zero attached hydrogens (tertiary/aromatic N) is 27. The van der Waals surface area contributed by atoms with E-state index in [9.17, 15) is 41.4 Å². The van der Waals surface area contributed by atoms with E-state index in [1.54, 1.807) is 214 Å². The van der Waals surface area contributed by atoms with Crippen LogP contribution in [0.2, 0.25) is 0 Å². The molecular formula is C99H251N27O15S6. The second-order valence-electron chi connectivity index (χ2n) is 36.5. The molecule has 0 aromatic heterocycles. The summed E-state index contributed by atoms with van der Waals surface area (Å²) >= 11 is 5.21. The zero-order valence-corrected chi connectivity index (χ0v) is 110. The number of amidine groups is 2. The van der Waals surface area contributed by atoms with Crippen molar-refractivity contribution in [2.75, 3.05) is 413 Å². The van der Waals surface area contributed by atoms with Crippen molar-refractivity contribution in [2.45, 2.75) is 188 Å². The van der Waals surface area contributed by atoms with E-state index >= 15 is 0 Å². The van der Waals surface area contributed by atoms with Crippen LogP contribution in [0.15, 0.2) is 32.2 Å². The van der Waals surface area contributed by atoms with Crippen molar-refractivity contribution in [3.63, 3.8) is 0 Å². The van der Waals surface area contributed by atoms with Gasteiger partial charge in [-0.1, -0.05) is 74.7 Å². The fourth-order valence-electron chi connectivity index (χ4n) is 5.27. The number of guanidine groups is 2. The zero-order chi connectivity index (χ0) is 119. The van der Waals surface area contributed by atoms with Gasteiger partial charge < -0.3 is 92.1 Å². The Kier molecular flexibility index (Phi) is 155. The standard InChI is InChI=1S/C7H18N2.2C6H15N3.2C6H15NO.C6H11NO.2C6H15NS.C5H12N2O.2C5H12N2.C5H12O2.C4H12N2O2S.C4H12N2OS.2C4H9NO2.2C4H9NOS.6CH4/c1-7(2,8(3)4)9(5)6;2*1-7-6(8(2)3)9(4)5;2*1-6(2,8-5)7(3)4;1-5(2)7(4)6(3)8;2*1-6(2,8-5)7(3)4;1-6(2)5(8)7(3)4;2*1-5(6-2)7(3)4;1-5(2,6-3)7-4;1-5(2)9(7,8)6(3)4;1-5(2)8(7)6(3)4;4*1-5(2)4(6)7-3;;;;;;/h1-6H3;2*1-5H3;2*1-5H3;1H2,2-4H3;2*1-5H3;1-4H3;3*1-4H3;1-4H3;1-4H3;4*1-3H3;6*1H4. The molecule has 0 saturated heterocycles. The Morgan fingerprint density at radius 2 is 0.517 bits per heavy atom. The predicted octanol–water partition coefficient (Wildman–Crippen LogP) is 15.2. The minimum atomic E-state index is -3.15. The predicted molar refractivity (Wildman–Crippen MR) is 664 cm³/mol. The maximum Gasteiger partial charge on any atom is 0.408 e. The number of carbonyl (C=O) groups excluding carboxylic acids is 6. The number of ether oxygens (including phenoxy) is 6. The van der Waals surface area contributed by atoms with Crippen molar-refractivity contribution < 1.29 is 69.8 Å². The van der Waals surface area contributed by atoms with Crippen LogP contribution < -0.4 is 0 Å². The summed E-state index contributed by atoms with van der Waals surface area (Å²) in [6.45, 7) is 35.8. The van der Waals surface area contributed by atoms with Crippen molar-refractivity contribution in [1.29, 1.82) is 0 Å². The number of carbonyl (C=O) groups is 6. The molecule has 0 heterocycles. The molecule has 0 aromatic carbocycles. The second-order valence-corrected chi connectivity index (χ2v) is 45.1. The fourth-order valence-corrected chi connectivity index (χ4v) is 8.03. The number of methoxy groups -OCH3 is 6. The van der Waals surface area contributed by atoms with Crippen LogP contribution in [0.3, 0.4) is 0 Å². The van der Waals surface area contributed by atoms with Gasteiger partial charge in [0, 0.05) is 302 Å². The molecule has 0 N–H and O–H groups in total. The molecule has 7 amide bonds. The SMILES string of the molecule is C.C.C.C.C.C.C=C(C)N(C)C(C)=O.CN(C)C(=O)N(C)C.CN(C)C(C)(C)N(C)C.CN(C)S(=O)(=O)N(C)C.CN(C)S(=O)N(C)C.CN=C(C)N(C)C.CN=C(C)N(C)C.CN=C(N(C)C)N(C)C.CN=C(N(C)C)N(C)C.COC(=O)N(C)C.COC(=O)N(C)C.COC(C)(C)N(C)C.COC(C)(C)N(C)C.COC(C)(C)OC.CSC(=O)N(C)C.CSC(=O)N(C)C.CSC(C)(C)N(C)C.CSC(C)(C)N(C)C. The lowest BCUT2D eigenvalue weighted by molar-refractivity contribution is -0.178. The number of amides is 7. The van der Waals surface area contributed by atoms with Crippen LogP contribution in [0.5, 0.6) is 0 Å². The van der Waals surface area contributed by atoms with E-state index in [2.05, 4.69) is 166 Å². The average Bonchev–Trinajstić information content (AvgIpc) is 0.877. The molecule has 0 radical (unpaired) electrons. The van der Waals surface area contributed by atoms with Crippen molar-refractivity contribution in [2.24, 2.45) is 20.0 Å². The lowest BCUT2D eigenvalue weighted by Gasteiger charge is -2.38. The highest BCUT2D eigenvalue weighted by atomic mass is 32.2. The Labute approximate surface area is 934 Å². The molecule has 0 aliphatic carbocycles. The molecule has 0 bridgehead atoms. The van der Waals surface area contributed by atoms with Gasteiger partial charge in [-0.3, -0.25) is 63.8 Å². The lowest BCUT2D eigenvalue weighted by atomic mass is 10.2. The minimum Gasteiger partial charge on any atom is -0.453 e. The molecule has 0 unspecified atom stereocenters. The van der Waals surface area contributed by atoms with Gasteiger partial charge in [-0.2, -0.15) is 17.0 Å². The number of rotatable bonds is 17. The van der Waals surface area contributed by atoms with Crippen LogP contribution >= 0.6 is 47.0 Å². The fraction of sp³-hybridized carbons (Fsp3) is 0.879. The van der Waals surface area contributed by atoms with E-state index in [1.807, 2.05) is 231 Å². The van der Waals surface area contributed by atoms with Gasteiger partial charge in [-0.15, -0.1) is 23.5 Å². The molecule has 0 aliphatic heterocycles. The molecule has 0 atom stereocenters. The van der Waals surface area contributed by atoms with Crippen LogP contribution in [-0.2, 0) is 54.6 Å². The number of urea groups is 1. The van der Waals surface area contributed by atoms with E-state index < -0.39 is 27.2 Å². The number of hydrogen-bond acceptors (Lipinski definition) is 29. The van der Waals surface area contributed by atoms with E-state index in [-0.39, 0.29) is 96.3 Å². The van der Waals surface area contributed by atoms with Gasteiger partial charge in [0.1, 0.15) is 11.4 Å². The summed E-state index contributed by atoms with van der Waals surface area (Å²) in [4.78, 5) is 114. The van der Waals surface area contributed by atoms with E-state index in [1.165, 1.54) is 97.4 Å². The highest BCUT2D eigenvalue weighted by Crippen LogP contribution is 2.23. The lowest BCUT2D eigenvalue weighted by Crippen LogP contribution is -2.49. The smallest absolute Gasteiger partial charge is 0.408 e. The van der Waals surface area contributed by atoms with Gasteiger partial charge in [0.05, 0.1) is 41.3 Å². The van der Waals surface area contributed by atoms with Gasteiger partial charge in [-0.25, -0.2) is 27.2 Å². The highest BCUT2D eigenvalue weighted by molar-refractivity contribution is 8.13. The van der Waals surface area contributed by atoms with Gasteiger partial charge in [0.15, 0.2) is 28.9 Å². The first-order valence-corrected chi connectivity index (χ1v) is 51.6. The van der Waals surface area contributed by atoms with Crippen molar-refractivity contribution in [1.82, 2.24) is 110 Å². The van der Waals surface area contributed by atoms with Crippen LogP contribution in [0, 0.1) is 0 Å². The molecule has 0 spiro atoms. The largest absolute Gasteiger partial charge is 0.453 e. The molecule has 0 aliphatic rings. The summed E-state index contributed by atoms with van der Waals surface area (Å²) in [5, 5.41) is 0.194. The zero-order valence-electron chi connectivity index (χ0n) is 105. The van der Waals surface area contributed by atoms with Crippen molar-refractivity contribution in [3.05, 3.63) is 12.3 Å². The summed E-state index contributed by atoms with van der Waals surface area (Å²) in [5.74, 6) is 3.68. The Hall–Kier alpha value is -5.62. The highest BCUT2D eigenvalue weighted by Gasteiger charge is 2.23. The summed E-state index contributed by atoms with van der Waals surface area (Å²) in [5.41, 5.74) is 0.692. The van der Waals surface area contributed by atoms with E-state index in [4.69, 9.17) is 18.9 Å². The van der Waals surface area contributed by atoms with Crippen molar-refractivity contribution >= 4 is 127 Å². The summed E-state index contributed by atoms with van der Waals surface area (Å²) in [6.07, 6.45) is 7.14. The normalized spacial score (nSPS) is 10.2. The molecule has 0 saturated carbocycles. The first-order chi connectivity index (χ1) is 62.8. The molecule has 0 fully saturated rings. The first kappa shape index (κ1) is 202. The maximum atomic E-state index is 10.9. The Morgan fingerprint density at radius 3 is 0.517 bits per heavy atom. The average molecular weight is 2250 g/mol. The van der Waals surface area contributed by atoms with Crippen LogP contribution in [0.4, 0.5) is 24.0 Å². The van der Waals surface area contributed by atoms with Crippen LogP contribution in [0.1, 0.15) is 155 Å². The number of thioether (sulfide) groups is 4. The third kappa shape index (κ3) is 136. The van der Waals surface area contributed by atoms with Crippen LogP contribution in [-0.4, -0.2) is 627 Å². The summed E-state index contributed by atoms with van der Waals surface area (Å²) in [6, 6.07) is 0.0185. The molecule has 48 heteroatoms. The van der Waals surface area contributed by atoms with Gasteiger partial charge in [-0.05, 0) is 213 Å². The number of hydrogen-bond donors (Lipinski definition) is 0. The Balaban J connectivity index is -0.0000000494. The molecule has 147 heavy (non-hydrogen) atoms. The maximum absolute atomic E-state index is 10.9. The Bertz CT molecular complexity index is 2970. The van der Waals surface area contributed by atoms with E-state index in [0.717, 1.165) is 37.9 Å². The molecule has 0 aromatic rings. The first-order valence-electron chi connectivity index (χ1n) is 44.2. The topological polar surface area (TPSA) is 333 Å². The van der Waals surface area contributed by atoms with Crippen LogP contribution in [0.25, 0.3) is 0 Å². The van der Waals surface area contributed by atoms with Crippen molar-refractivity contribution in [3.8, 4) is 0 Å². The molecule has 0 rings (SSSR count). The quantitative estimate of drug-likeness (QED) is 0.0741. The summed E-state index contributed by atoms with van der Waals surface area (Å²) in [7, 11) is 96.8. The molecule has 908 valence electrons. The van der Waals surface area contributed by atoms with Gasteiger partial charge >= 0.3 is 18.2 Å². The monoisotopic (exact) mass is 2250 g/mol. The van der Waals surface area contributed by atoms with E-state index in [0.29, 0.717) is 9.74 Å².